The highest BCUT2D eigenvalue weighted by molar-refractivity contribution is 5.77. The third kappa shape index (κ3) is 7.18. The molecule has 1 unspecified atom stereocenters. The van der Waals surface area contributed by atoms with Crippen molar-refractivity contribution in [3.05, 3.63) is 96.7 Å². The number of aromatic nitrogens is 7. The number of likely N-dealkylation sites (tertiary alicyclic amines) is 2. The minimum absolute atomic E-state index is 0.0118. The molecule has 3 aromatic heterocycles. The van der Waals surface area contributed by atoms with Crippen molar-refractivity contribution in [3.63, 3.8) is 0 Å². The number of piperidine rings is 2. The first kappa shape index (κ1) is 34.4. The predicted octanol–water partition coefficient (Wildman–Crippen LogP) is 3.73. The highest BCUT2D eigenvalue weighted by atomic mass is 19.1. The molecule has 8 rings (SSSR count). The largest absolute Gasteiger partial charge is 0.382 e. The van der Waals surface area contributed by atoms with Crippen molar-refractivity contribution in [1.82, 2.24) is 49.4 Å². The monoisotopic (exact) mass is 713 g/mol. The van der Waals surface area contributed by atoms with E-state index in [1.165, 1.54) is 41.6 Å². The van der Waals surface area contributed by atoms with E-state index in [1.807, 2.05) is 12.4 Å². The second kappa shape index (κ2) is 14.4. The number of nitrogens with one attached hydrogen (secondary N) is 1. The van der Waals surface area contributed by atoms with Crippen LogP contribution in [0.4, 0.5) is 19.1 Å². The van der Waals surface area contributed by atoms with E-state index in [0.717, 1.165) is 81.5 Å². The molecule has 272 valence electrons. The van der Waals surface area contributed by atoms with Crippen molar-refractivity contribution in [2.24, 2.45) is 11.8 Å². The third-order valence-electron chi connectivity index (χ3n) is 10.9. The summed E-state index contributed by atoms with van der Waals surface area (Å²) >= 11 is 0. The van der Waals surface area contributed by atoms with Crippen LogP contribution < -0.4 is 11.1 Å². The summed E-state index contributed by atoms with van der Waals surface area (Å²) in [5.74, 6) is -0.592. The predicted molar refractivity (Wildman–Crippen MR) is 188 cm³/mol. The highest BCUT2D eigenvalue weighted by Gasteiger charge is 2.56. The lowest BCUT2D eigenvalue weighted by Gasteiger charge is -2.34. The average molecular weight is 714 g/mol. The lowest BCUT2D eigenvalue weighted by Crippen LogP contribution is -2.45. The van der Waals surface area contributed by atoms with Gasteiger partial charge in [0.1, 0.15) is 35.7 Å². The molecule has 4 N–H and O–H groups in total. The number of hydrogen-bond donors (Lipinski definition) is 3. The Labute approximate surface area is 299 Å². The van der Waals surface area contributed by atoms with E-state index in [0.29, 0.717) is 23.6 Å². The molecule has 12 nitrogen and oxygen atoms in total. The minimum Gasteiger partial charge on any atom is -0.382 e. The molecular formula is C37H42F3N11O. The number of β-amino-alcohol motifs (C(OH)–C–C–N with tert-alkyl or cyclic N) is 1. The van der Waals surface area contributed by atoms with E-state index in [1.54, 1.807) is 18.3 Å². The fraction of sp³-hybridized carbons (Fsp3) is 0.432. The molecular weight excluding hydrogens is 671 g/mol. The van der Waals surface area contributed by atoms with Gasteiger partial charge in [-0.15, -0.1) is 0 Å². The van der Waals surface area contributed by atoms with Crippen molar-refractivity contribution < 1.29 is 18.3 Å². The Hall–Kier alpha value is -4.70. The Morgan fingerprint density at radius 1 is 0.904 bits per heavy atom. The SMILES string of the molecule is Nc1nccc(-c2c(-c3ccc(F)cc3)ncn2C2CCN(CCCNC3[C@H]4CN(C[C@@](O)(Cn5cncn5)c5ccc(F)cc5F)C[C@@H]34)CC2)n1. The normalized spacial score (nSPS) is 22.0. The Morgan fingerprint density at radius 3 is 2.38 bits per heavy atom. The number of aliphatic hydroxyl groups is 1. The maximum Gasteiger partial charge on any atom is 0.220 e. The molecule has 0 bridgehead atoms. The molecule has 2 aliphatic heterocycles. The quantitative estimate of drug-likeness (QED) is 0.155. The second-order valence-corrected chi connectivity index (χ2v) is 14.3. The average Bonchev–Trinajstić information content (AvgIpc) is 3.61. The van der Waals surface area contributed by atoms with Crippen molar-refractivity contribution >= 4 is 5.95 Å². The molecule has 1 saturated carbocycles. The molecule has 52 heavy (non-hydrogen) atoms. The summed E-state index contributed by atoms with van der Waals surface area (Å²) in [4.78, 5) is 21.9. The van der Waals surface area contributed by atoms with Crippen LogP contribution in [0.15, 0.2) is 73.7 Å². The zero-order chi connectivity index (χ0) is 35.8. The number of nitrogens with zero attached hydrogens (tertiary/aromatic N) is 9. The minimum atomic E-state index is -1.59. The van der Waals surface area contributed by atoms with Gasteiger partial charge >= 0.3 is 0 Å². The van der Waals surface area contributed by atoms with Gasteiger partial charge in [0, 0.05) is 68.2 Å². The zero-order valence-electron chi connectivity index (χ0n) is 28.7. The summed E-state index contributed by atoms with van der Waals surface area (Å²) in [5, 5.41) is 19.6. The third-order valence-corrected chi connectivity index (χ3v) is 10.9. The van der Waals surface area contributed by atoms with E-state index < -0.39 is 17.2 Å². The van der Waals surface area contributed by atoms with Gasteiger partial charge in [-0.3, -0.25) is 4.90 Å². The van der Waals surface area contributed by atoms with Gasteiger partial charge in [-0.2, -0.15) is 5.10 Å². The smallest absolute Gasteiger partial charge is 0.220 e. The van der Waals surface area contributed by atoms with E-state index >= 15 is 0 Å². The number of rotatable bonds is 13. The van der Waals surface area contributed by atoms with E-state index in [9.17, 15) is 18.3 Å². The summed E-state index contributed by atoms with van der Waals surface area (Å²) in [6.07, 6.45) is 9.33. The molecule has 5 heterocycles. The van der Waals surface area contributed by atoms with Gasteiger partial charge in [0.15, 0.2) is 0 Å². The first-order valence-corrected chi connectivity index (χ1v) is 17.8. The lowest BCUT2D eigenvalue weighted by molar-refractivity contribution is -0.0193. The number of nitrogen functional groups attached to an aromatic ring is 1. The molecule has 2 aromatic carbocycles. The molecule has 3 aliphatic rings. The van der Waals surface area contributed by atoms with Gasteiger partial charge in [-0.1, -0.05) is 6.07 Å². The lowest BCUT2D eigenvalue weighted by atomic mass is 9.92. The van der Waals surface area contributed by atoms with Crippen LogP contribution in [-0.4, -0.2) is 101 Å². The van der Waals surface area contributed by atoms with Crippen molar-refractivity contribution in [2.45, 2.75) is 43.5 Å². The summed E-state index contributed by atoms with van der Waals surface area (Å²) < 4.78 is 45.9. The number of imidazole rings is 1. The first-order chi connectivity index (χ1) is 25.2. The van der Waals surface area contributed by atoms with E-state index in [2.05, 4.69) is 39.7 Å². The van der Waals surface area contributed by atoms with Crippen LogP contribution in [0.5, 0.6) is 0 Å². The summed E-state index contributed by atoms with van der Waals surface area (Å²) in [6, 6.07) is 12.2. The van der Waals surface area contributed by atoms with Gasteiger partial charge in [-0.05, 0) is 80.6 Å². The topological polar surface area (TPSA) is 139 Å². The Morgan fingerprint density at radius 2 is 1.67 bits per heavy atom. The number of nitrogens with two attached hydrogens (primary N) is 1. The fourth-order valence-corrected chi connectivity index (χ4v) is 8.29. The Bertz CT molecular complexity index is 1970. The molecule has 0 amide bonds. The van der Waals surface area contributed by atoms with Gasteiger partial charge in [0.05, 0.1) is 30.0 Å². The summed E-state index contributed by atoms with van der Waals surface area (Å²) in [6.45, 7) is 5.71. The molecule has 1 aliphatic carbocycles. The van der Waals surface area contributed by atoms with Gasteiger partial charge in [0.2, 0.25) is 5.95 Å². The van der Waals surface area contributed by atoms with Crippen LogP contribution in [0.2, 0.25) is 0 Å². The molecule has 3 fully saturated rings. The Balaban J connectivity index is 0.813. The number of fused-ring (bicyclic) bond motifs is 1. The van der Waals surface area contributed by atoms with Crippen LogP contribution in [0.25, 0.3) is 22.6 Å². The van der Waals surface area contributed by atoms with Crippen molar-refractivity contribution in [2.75, 3.05) is 51.5 Å². The van der Waals surface area contributed by atoms with E-state index in [4.69, 9.17) is 10.7 Å². The first-order valence-electron chi connectivity index (χ1n) is 17.8. The van der Waals surface area contributed by atoms with Crippen molar-refractivity contribution in [3.8, 4) is 22.6 Å². The van der Waals surface area contributed by atoms with Crippen LogP contribution in [0, 0.1) is 29.3 Å². The highest BCUT2D eigenvalue weighted by Crippen LogP contribution is 2.46. The van der Waals surface area contributed by atoms with Crippen LogP contribution >= 0.6 is 0 Å². The molecule has 5 aromatic rings. The fourth-order valence-electron chi connectivity index (χ4n) is 8.29. The van der Waals surface area contributed by atoms with Gasteiger partial charge < -0.3 is 25.6 Å². The van der Waals surface area contributed by atoms with Gasteiger partial charge in [-0.25, -0.2) is 37.8 Å². The number of hydrogen-bond acceptors (Lipinski definition) is 10. The van der Waals surface area contributed by atoms with Crippen LogP contribution in [-0.2, 0) is 12.1 Å². The molecule has 0 spiro atoms. The van der Waals surface area contributed by atoms with Gasteiger partial charge in [0.25, 0.3) is 0 Å². The van der Waals surface area contributed by atoms with Crippen molar-refractivity contribution in [1.29, 1.82) is 0 Å². The second-order valence-electron chi connectivity index (χ2n) is 14.3. The number of benzene rings is 2. The van der Waals surface area contributed by atoms with Crippen LogP contribution in [0.1, 0.15) is 30.9 Å². The summed E-state index contributed by atoms with van der Waals surface area (Å²) in [7, 11) is 0. The molecule has 2 saturated heterocycles. The standard InChI is InChI=1S/C37H42F3N11O/c38-25-4-2-24(3-5-25)33-35(32-8-12-44-36(41)47-32)51(23-45-33)27-9-14-48(15-10-27)13-1-11-43-34-28-17-49(18-29(28)34)19-37(52,20-50-22-42-21-46-50)30-7-6-26(39)16-31(30)40/h2-8,12,16,21-23,27-29,34,43,52H,1,9-11,13-15,17-20H2,(H2,41,44,47)/t28-,29+,34?,37-/m1/s1. The Kier molecular flexibility index (Phi) is 9.51. The molecule has 0 radical (unpaired) electrons. The van der Waals surface area contributed by atoms with E-state index in [-0.39, 0.29) is 36.5 Å². The maximum absolute atomic E-state index is 14.9. The zero-order valence-corrected chi connectivity index (χ0v) is 28.7. The summed E-state index contributed by atoms with van der Waals surface area (Å²) in [5.41, 5.74) is 7.52. The number of anilines is 1. The molecule has 4 atom stereocenters. The maximum atomic E-state index is 14.9. The molecule has 15 heteroatoms. The number of halogens is 3. The van der Waals surface area contributed by atoms with Crippen LogP contribution in [0.3, 0.4) is 0 Å².